The van der Waals surface area contributed by atoms with Crippen molar-refractivity contribution in [3.05, 3.63) is 142 Å². The number of para-hydroxylation sites is 1. The summed E-state index contributed by atoms with van der Waals surface area (Å²) in [6, 6.07) is 34.2. The minimum Gasteiger partial charge on any atom is -0.487 e. The molecule has 0 aliphatic carbocycles. The molecule has 0 radical (unpaired) electrons. The van der Waals surface area contributed by atoms with E-state index in [1.54, 1.807) is 0 Å². The zero-order chi connectivity index (χ0) is 33.0. The van der Waals surface area contributed by atoms with Gasteiger partial charge in [-0.25, -0.2) is 0 Å². The summed E-state index contributed by atoms with van der Waals surface area (Å²) in [5, 5.41) is 2.24. The number of aromatic nitrogens is 2. The molecule has 6 aromatic rings. The lowest BCUT2D eigenvalue weighted by Gasteiger charge is -2.22. The molecule has 1 aliphatic rings. The van der Waals surface area contributed by atoms with E-state index in [9.17, 15) is 4.79 Å². The van der Waals surface area contributed by atoms with Crippen LogP contribution in [0.1, 0.15) is 35.0 Å². The van der Waals surface area contributed by atoms with Crippen molar-refractivity contribution < 1.29 is 19.0 Å². The van der Waals surface area contributed by atoms with Gasteiger partial charge in [-0.05, 0) is 53.9 Å². The molecular formula is C40H35ClN2O4S. The number of hydrogen-bond acceptors (Lipinski definition) is 6. The zero-order valence-electron chi connectivity index (χ0n) is 26.8. The van der Waals surface area contributed by atoms with Gasteiger partial charge in [0.1, 0.15) is 24.7 Å². The molecule has 6 nitrogen and oxygen atoms in total. The number of pyridine rings is 1. The Hall–Kier alpha value is -4.72. The van der Waals surface area contributed by atoms with E-state index in [-0.39, 0.29) is 12.4 Å². The van der Waals surface area contributed by atoms with Gasteiger partial charge in [-0.3, -0.25) is 9.78 Å². The minimum atomic E-state index is -0.305. The highest BCUT2D eigenvalue weighted by molar-refractivity contribution is 8.00. The molecule has 8 heteroatoms. The number of halogens is 1. The lowest BCUT2D eigenvalue weighted by atomic mass is 10.0. The lowest BCUT2D eigenvalue weighted by Crippen LogP contribution is -2.11. The topological polar surface area (TPSA) is 62.6 Å². The maximum Gasteiger partial charge on any atom is 0.310 e. The number of ether oxygens (including phenoxy) is 3. The molecular weight excluding hydrogens is 640 g/mol. The Morgan fingerprint density at radius 2 is 1.71 bits per heavy atom. The van der Waals surface area contributed by atoms with Crippen molar-refractivity contribution in [2.75, 3.05) is 7.11 Å². The first-order chi connectivity index (χ1) is 23.5. The molecule has 3 heterocycles. The van der Waals surface area contributed by atoms with Crippen molar-refractivity contribution >= 4 is 40.2 Å². The third kappa shape index (κ3) is 6.80. The molecule has 242 valence electrons. The second-order valence-electron chi connectivity index (χ2n) is 11.9. The first-order valence-electron chi connectivity index (χ1n) is 16.0. The largest absolute Gasteiger partial charge is 0.487 e. The second kappa shape index (κ2) is 14.2. The van der Waals surface area contributed by atoms with Crippen LogP contribution < -0.4 is 9.47 Å². The van der Waals surface area contributed by atoms with Crippen LogP contribution in [0.3, 0.4) is 0 Å². The molecule has 0 N–H and O–H groups in total. The Kier molecular flexibility index (Phi) is 9.41. The van der Waals surface area contributed by atoms with Crippen molar-refractivity contribution in [3.63, 3.8) is 0 Å². The monoisotopic (exact) mass is 674 g/mol. The molecule has 1 atom stereocenters. The second-order valence-corrected chi connectivity index (χ2v) is 13.8. The normalized spacial score (nSPS) is 13.8. The smallest absolute Gasteiger partial charge is 0.310 e. The van der Waals surface area contributed by atoms with Gasteiger partial charge in [-0.15, -0.1) is 11.8 Å². The molecule has 48 heavy (non-hydrogen) atoms. The highest BCUT2D eigenvalue weighted by atomic mass is 35.5. The molecule has 0 bridgehead atoms. The van der Waals surface area contributed by atoms with E-state index in [2.05, 4.69) is 47.9 Å². The fraction of sp³-hybridized carbons (Fsp3) is 0.200. The number of benzene rings is 4. The minimum absolute atomic E-state index is 0.144. The summed E-state index contributed by atoms with van der Waals surface area (Å²) in [6.45, 7) is 3.59. The summed E-state index contributed by atoms with van der Waals surface area (Å²) >= 11 is 8.29. The van der Waals surface area contributed by atoms with Crippen molar-refractivity contribution in [2.45, 2.75) is 49.7 Å². The average Bonchev–Trinajstić information content (AvgIpc) is 3.40. The fourth-order valence-electron chi connectivity index (χ4n) is 6.27. The first kappa shape index (κ1) is 31.9. The number of nitrogens with zero attached hydrogens (tertiary/aromatic N) is 2. The van der Waals surface area contributed by atoms with Gasteiger partial charge in [0.15, 0.2) is 0 Å². The molecule has 7 rings (SSSR count). The summed E-state index contributed by atoms with van der Waals surface area (Å²) < 4.78 is 20.3. The van der Waals surface area contributed by atoms with Crippen molar-refractivity contribution in [3.8, 4) is 22.6 Å². The summed E-state index contributed by atoms with van der Waals surface area (Å²) in [5.41, 5.74) is 8.38. The van der Waals surface area contributed by atoms with Crippen molar-refractivity contribution in [2.24, 2.45) is 0 Å². The van der Waals surface area contributed by atoms with Crippen LogP contribution in [0.4, 0.5) is 0 Å². The molecule has 4 aromatic carbocycles. The number of rotatable bonds is 11. The van der Waals surface area contributed by atoms with E-state index in [1.807, 2.05) is 84.7 Å². The molecule has 0 spiro atoms. The number of esters is 1. The van der Waals surface area contributed by atoms with Crippen molar-refractivity contribution in [1.82, 2.24) is 9.55 Å². The van der Waals surface area contributed by atoms with E-state index in [4.69, 9.17) is 30.8 Å². The van der Waals surface area contributed by atoms with E-state index >= 15 is 0 Å². The van der Waals surface area contributed by atoms with Crippen LogP contribution in [0.15, 0.2) is 114 Å². The van der Waals surface area contributed by atoms with Crippen LogP contribution in [0.25, 0.3) is 22.0 Å². The highest BCUT2D eigenvalue weighted by Crippen LogP contribution is 2.47. The number of hydrogen-bond donors (Lipinski definition) is 0. The van der Waals surface area contributed by atoms with E-state index in [0.29, 0.717) is 35.8 Å². The Morgan fingerprint density at radius 3 is 2.50 bits per heavy atom. The molecule has 1 aliphatic heterocycles. The molecule has 0 amide bonds. The Labute approximate surface area is 289 Å². The number of carbonyl (C=O) groups is 1. The van der Waals surface area contributed by atoms with Gasteiger partial charge >= 0.3 is 5.97 Å². The Balaban J connectivity index is 1.23. The van der Waals surface area contributed by atoms with Gasteiger partial charge in [0, 0.05) is 50.0 Å². The van der Waals surface area contributed by atoms with Gasteiger partial charge < -0.3 is 18.8 Å². The SMILES string of the molecule is COC(=O)Cc1ccccc1OCc1c2c3c(c(OCc4ccc(-c5ccccc5)cn4)ccc3n1Cc1cccc(Cl)c1)C[C@@H](C)S2. The first-order valence-corrected chi connectivity index (χ1v) is 17.2. The van der Waals surface area contributed by atoms with Crippen LogP contribution in [0, 0.1) is 0 Å². The van der Waals surface area contributed by atoms with Crippen molar-refractivity contribution in [1.29, 1.82) is 0 Å². The van der Waals surface area contributed by atoms with Crippen LogP contribution in [0.2, 0.25) is 5.02 Å². The van der Waals surface area contributed by atoms with Crippen LogP contribution in [-0.4, -0.2) is 27.9 Å². The average molecular weight is 675 g/mol. The van der Waals surface area contributed by atoms with Crippen LogP contribution in [0.5, 0.6) is 11.5 Å². The zero-order valence-corrected chi connectivity index (χ0v) is 28.4. The molecule has 0 saturated heterocycles. The van der Waals surface area contributed by atoms with E-state index < -0.39 is 0 Å². The Bertz CT molecular complexity index is 2080. The number of thioether (sulfide) groups is 1. The van der Waals surface area contributed by atoms with Gasteiger partial charge in [0.2, 0.25) is 0 Å². The van der Waals surface area contributed by atoms with Gasteiger partial charge in [0.05, 0.1) is 30.4 Å². The Morgan fingerprint density at radius 1 is 0.896 bits per heavy atom. The molecule has 0 fully saturated rings. The predicted octanol–water partition coefficient (Wildman–Crippen LogP) is 9.32. The summed E-state index contributed by atoms with van der Waals surface area (Å²) in [5.74, 6) is 1.24. The van der Waals surface area contributed by atoms with E-state index in [1.165, 1.54) is 23.0 Å². The predicted molar refractivity (Wildman–Crippen MR) is 192 cm³/mol. The van der Waals surface area contributed by atoms with Gasteiger partial charge in [-0.1, -0.05) is 85.3 Å². The summed E-state index contributed by atoms with van der Waals surface area (Å²) in [7, 11) is 1.40. The summed E-state index contributed by atoms with van der Waals surface area (Å²) in [4.78, 5) is 18.0. The third-order valence-electron chi connectivity index (χ3n) is 8.60. The van der Waals surface area contributed by atoms with Gasteiger partial charge in [-0.2, -0.15) is 0 Å². The third-order valence-corrected chi connectivity index (χ3v) is 10.1. The number of carbonyl (C=O) groups excluding carboxylic acids is 1. The van der Waals surface area contributed by atoms with Crippen LogP contribution in [-0.2, 0) is 42.1 Å². The quantitative estimate of drug-likeness (QED) is 0.128. The molecule has 2 aromatic heterocycles. The maximum atomic E-state index is 12.1. The standard InChI is InChI=1S/C40H35ClN2O4S/c1-26-19-33-37(46-24-32-16-15-30(22-42-32)28-10-4-3-5-11-28)18-17-34-39(33)40(48-26)35(43(34)23-27-9-8-13-31(41)20-27)25-47-36-14-7-6-12-29(36)21-38(44)45-2/h3-18,20,22,26H,19,21,23-25H2,1-2H3/t26-/m1/s1. The lowest BCUT2D eigenvalue weighted by molar-refractivity contribution is -0.139. The van der Waals surface area contributed by atoms with E-state index in [0.717, 1.165) is 51.3 Å². The molecule has 0 saturated carbocycles. The number of methoxy groups -OCH3 is 1. The molecule has 0 unspecified atom stereocenters. The van der Waals surface area contributed by atoms with Gasteiger partial charge in [0.25, 0.3) is 0 Å². The van der Waals surface area contributed by atoms with Crippen LogP contribution >= 0.6 is 23.4 Å². The highest BCUT2D eigenvalue weighted by Gasteiger charge is 2.29. The maximum absolute atomic E-state index is 12.1. The summed E-state index contributed by atoms with van der Waals surface area (Å²) in [6.07, 6.45) is 2.93. The fourth-order valence-corrected chi connectivity index (χ4v) is 7.79.